The highest BCUT2D eigenvalue weighted by Crippen LogP contribution is 2.21. The number of hydrogen-bond acceptors (Lipinski definition) is 3. The van der Waals surface area contributed by atoms with E-state index in [0.717, 1.165) is 5.56 Å². The fourth-order valence-electron chi connectivity index (χ4n) is 1.60. The molecule has 94 valence electrons. The highest BCUT2D eigenvalue weighted by atomic mass is 16.5. The molecule has 1 rings (SSSR count). The molecular formula is C14H20O3. The van der Waals surface area contributed by atoms with Crippen LogP contribution in [0.3, 0.4) is 0 Å². The Kier molecular flexibility index (Phi) is 5.70. The number of esters is 1. The van der Waals surface area contributed by atoms with Crippen LogP contribution >= 0.6 is 0 Å². The van der Waals surface area contributed by atoms with Crippen LogP contribution in [0.5, 0.6) is 0 Å². The Bertz CT molecular complexity index is 333. The minimum atomic E-state index is -0.220. The van der Waals surface area contributed by atoms with Crippen LogP contribution in [-0.4, -0.2) is 18.7 Å². The van der Waals surface area contributed by atoms with Gasteiger partial charge in [-0.15, -0.1) is 0 Å². The Balaban J connectivity index is 2.64. The van der Waals surface area contributed by atoms with Gasteiger partial charge in [0.05, 0.1) is 18.6 Å². The molecule has 0 aliphatic heterocycles. The predicted octanol–water partition coefficient (Wildman–Crippen LogP) is 3.11. The van der Waals surface area contributed by atoms with Crippen LogP contribution in [0.15, 0.2) is 30.3 Å². The van der Waals surface area contributed by atoms with Gasteiger partial charge in [-0.05, 0) is 26.3 Å². The largest absolute Gasteiger partial charge is 0.463 e. The Morgan fingerprint density at radius 2 is 1.88 bits per heavy atom. The van der Waals surface area contributed by atoms with E-state index in [1.165, 1.54) is 0 Å². The standard InChI is InChI=1S/C14H20O3/c1-4-16-13(10-14(15)17-11(2)3)12-8-6-5-7-9-12/h5-9,11,13H,4,10H2,1-3H3. The summed E-state index contributed by atoms with van der Waals surface area (Å²) in [4.78, 5) is 11.6. The number of benzene rings is 1. The minimum absolute atomic E-state index is 0.0828. The van der Waals surface area contributed by atoms with E-state index in [4.69, 9.17) is 9.47 Å². The average molecular weight is 236 g/mol. The second-order valence-electron chi connectivity index (χ2n) is 4.10. The predicted molar refractivity (Wildman–Crippen MR) is 66.7 cm³/mol. The van der Waals surface area contributed by atoms with Crippen LogP contribution in [0.4, 0.5) is 0 Å². The molecule has 0 aromatic heterocycles. The summed E-state index contributed by atoms with van der Waals surface area (Å²) in [5.41, 5.74) is 1.01. The van der Waals surface area contributed by atoms with Crippen molar-refractivity contribution in [3.05, 3.63) is 35.9 Å². The van der Waals surface area contributed by atoms with Crippen molar-refractivity contribution in [3.63, 3.8) is 0 Å². The number of rotatable bonds is 6. The van der Waals surface area contributed by atoms with E-state index < -0.39 is 0 Å². The van der Waals surface area contributed by atoms with Crippen molar-refractivity contribution in [2.75, 3.05) is 6.61 Å². The zero-order valence-electron chi connectivity index (χ0n) is 10.7. The first kappa shape index (κ1) is 13.7. The lowest BCUT2D eigenvalue weighted by molar-refractivity contribution is -0.150. The lowest BCUT2D eigenvalue weighted by atomic mass is 10.1. The number of ether oxygens (including phenoxy) is 2. The normalized spacial score (nSPS) is 12.5. The zero-order chi connectivity index (χ0) is 12.7. The van der Waals surface area contributed by atoms with Crippen molar-refractivity contribution in [1.82, 2.24) is 0 Å². The van der Waals surface area contributed by atoms with Gasteiger partial charge in [-0.3, -0.25) is 4.79 Å². The number of carbonyl (C=O) groups excluding carboxylic acids is 1. The molecule has 0 bridgehead atoms. The first-order chi connectivity index (χ1) is 8.13. The third kappa shape index (κ3) is 5.00. The maximum Gasteiger partial charge on any atom is 0.309 e. The van der Waals surface area contributed by atoms with Crippen LogP contribution in [-0.2, 0) is 14.3 Å². The summed E-state index contributed by atoms with van der Waals surface area (Å²) in [7, 11) is 0. The monoisotopic (exact) mass is 236 g/mol. The second-order valence-corrected chi connectivity index (χ2v) is 4.10. The van der Waals surface area contributed by atoms with Gasteiger partial charge in [0.25, 0.3) is 0 Å². The topological polar surface area (TPSA) is 35.5 Å². The van der Waals surface area contributed by atoms with E-state index in [0.29, 0.717) is 6.61 Å². The Morgan fingerprint density at radius 1 is 1.24 bits per heavy atom. The summed E-state index contributed by atoms with van der Waals surface area (Å²) >= 11 is 0. The zero-order valence-corrected chi connectivity index (χ0v) is 10.7. The molecule has 0 N–H and O–H groups in total. The van der Waals surface area contributed by atoms with Gasteiger partial charge in [-0.1, -0.05) is 30.3 Å². The minimum Gasteiger partial charge on any atom is -0.463 e. The lowest BCUT2D eigenvalue weighted by Crippen LogP contribution is -2.16. The fourth-order valence-corrected chi connectivity index (χ4v) is 1.60. The van der Waals surface area contributed by atoms with E-state index in [9.17, 15) is 4.79 Å². The van der Waals surface area contributed by atoms with Gasteiger partial charge < -0.3 is 9.47 Å². The van der Waals surface area contributed by atoms with Gasteiger partial charge in [0.15, 0.2) is 0 Å². The molecule has 0 aliphatic rings. The summed E-state index contributed by atoms with van der Waals surface area (Å²) in [6.07, 6.45) is -0.0382. The Morgan fingerprint density at radius 3 is 2.41 bits per heavy atom. The molecule has 0 amide bonds. The van der Waals surface area contributed by atoms with Crippen LogP contribution in [0.2, 0.25) is 0 Å². The summed E-state index contributed by atoms with van der Waals surface area (Å²) in [5.74, 6) is -0.220. The van der Waals surface area contributed by atoms with E-state index in [-0.39, 0.29) is 24.6 Å². The molecule has 0 aliphatic carbocycles. The van der Waals surface area contributed by atoms with Crippen molar-refractivity contribution < 1.29 is 14.3 Å². The van der Waals surface area contributed by atoms with Crippen molar-refractivity contribution in [1.29, 1.82) is 0 Å². The van der Waals surface area contributed by atoms with Crippen molar-refractivity contribution in [2.45, 2.75) is 39.4 Å². The maximum atomic E-state index is 11.6. The number of carbonyl (C=O) groups is 1. The second kappa shape index (κ2) is 7.07. The maximum absolute atomic E-state index is 11.6. The van der Waals surface area contributed by atoms with Crippen LogP contribution < -0.4 is 0 Å². The molecular weight excluding hydrogens is 216 g/mol. The Labute approximate surface area is 103 Å². The summed E-state index contributed by atoms with van der Waals surface area (Å²) < 4.78 is 10.7. The van der Waals surface area contributed by atoms with Crippen LogP contribution in [0.25, 0.3) is 0 Å². The summed E-state index contributed by atoms with van der Waals surface area (Å²) in [5, 5.41) is 0. The van der Waals surface area contributed by atoms with Gasteiger partial charge in [0.2, 0.25) is 0 Å². The van der Waals surface area contributed by atoms with Gasteiger partial charge in [-0.25, -0.2) is 0 Å². The summed E-state index contributed by atoms with van der Waals surface area (Å²) in [6, 6.07) is 9.75. The highest BCUT2D eigenvalue weighted by Gasteiger charge is 2.17. The molecule has 0 saturated carbocycles. The third-order valence-electron chi connectivity index (χ3n) is 2.26. The van der Waals surface area contributed by atoms with E-state index >= 15 is 0 Å². The fraction of sp³-hybridized carbons (Fsp3) is 0.500. The summed E-state index contributed by atoms with van der Waals surface area (Å²) in [6.45, 7) is 6.18. The first-order valence-corrected chi connectivity index (χ1v) is 5.99. The SMILES string of the molecule is CCOC(CC(=O)OC(C)C)c1ccccc1. The van der Waals surface area contributed by atoms with Crippen LogP contribution in [0.1, 0.15) is 38.9 Å². The molecule has 0 saturated heterocycles. The van der Waals surface area contributed by atoms with E-state index in [1.807, 2.05) is 51.1 Å². The molecule has 3 heteroatoms. The van der Waals surface area contributed by atoms with Crippen LogP contribution in [0, 0.1) is 0 Å². The van der Waals surface area contributed by atoms with Gasteiger partial charge >= 0.3 is 5.97 Å². The molecule has 1 atom stereocenters. The molecule has 3 nitrogen and oxygen atoms in total. The molecule has 0 heterocycles. The Hall–Kier alpha value is -1.35. The average Bonchev–Trinajstić information content (AvgIpc) is 2.28. The highest BCUT2D eigenvalue weighted by molar-refractivity contribution is 5.70. The smallest absolute Gasteiger partial charge is 0.309 e. The molecule has 1 aromatic rings. The molecule has 0 radical (unpaired) electrons. The van der Waals surface area contributed by atoms with Gasteiger partial charge in [0.1, 0.15) is 0 Å². The van der Waals surface area contributed by atoms with Crippen molar-refractivity contribution >= 4 is 5.97 Å². The molecule has 0 spiro atoms. The molecule has 1 aromatic carbocycles. The van der Waals surface area contributed by atoms with E-state index in [1.54, 1.807) is 0 Å². The van der Waals surface area contributed by atoms with Gasteiger partial charge in [-0.2, -0.15) is 0 Å². The quantitative estimate of drug-likeness (QED) is 0.712. The molecule has 0 fully saturated rings. The van der Waals surface area contributed by atoms with Crippen molar-refractivity contribution in [3.8, 4) is 0 Å². The van der Waals surface area contributed by atoms with Gasteiger partial charge in [0, 0.05) is 6.61 Å². The molecule has 17 heavy (non-hydrogen) atoms. The third-order valence-corrected chi connectivity index (χ3v) is 2.26. The lowest BCUT2D eigenvalue weighted by Gasteiger charge is -2.17. The first-order valence-electron chi connectivity index (χ1n) is 5.99. The van der Waals surface area contributed by atoms with E-state index in [2.05, 4.69) is 0 Å². The van der Waals surface area contributed by atoms with Crippen molar-refractivity contribution in [2.24, 2.45) is 0 Å². The molecule has 1 unspecified atom stereocenters. The number of hydrogen-bond donors (Lipinski definition) is 0.